The third kappa shape index (κ3) is 3.34. The van der Waals surface area contributed by atoms with Crippen LogP contribution in [0.4, 0.5) is 5.95 Å². The minimum atomic E-state index is 0.530. The van der Waals surface area contributed by atoms with Crippen LogP contribution in [0.5, 0.6) is 0 Å². The van der Waals surface area contributed by atoms with Crippen LogP contribution < -0.4 is 5.32 Å². The van der Waals surface area contributed by atoms with Crippen LogP contribution in [0.15, 0.2) is 42.9 Å². The highest BCUT2D eigenvalue weighted by Gasteiger charge is 2.18. The lowest BCUT2D eigenvalue weighted by Crippen LogP contribution is -2.23. The molecule has 1 saturated carbocycles. The molecule has 5 nitrogen and oxygen atoms in total. The van der Waals surface area contributed by atoms with Gasteiger partial charge in [0.05, 0.1) is 11.2 Å². The Hall–Kier alpha value is -2.69. The summed E-state index contributed by atoms with van der Waals surface area (Å²) in [4.78, 5) is 9.59. The molecule has 1 N–H and O–H groups in total. The van der Waals surface area contributed by atoms with Gasteiger partial charge in [0.1, 0.15) is 0 Å². The second kappa shape index (κ2) is 7.14. The fourth-order valence-electron chi connectivity index (χ4n) is 4.32. The summed E-state index contributed by atoms with van der Waals surface area (Å²) in [6.45, 7) is 0. The summed E-state index contributed by atoms with van der Waals surface area (Å²) in [6, 6.07) is 6.90. The SMILES string of the molecule is C1=C(c2ccn3nccc3c2)c2cnc(NC3CCCCC3)nc2CCC1. The molecule has 0 aromatic carbocycles. The lowest BCUT2D eigenvalue weighted by Gasteiger charge is -2.23. The second-order valence-corrected chi connectivity index (χ2v) is 7.66. The first-order valence-corrected chi connectivity index (χ1v) is 10.1. The van der Waals surface area contributed by atoms with Crippen LogP contribution >= 0.6 is 0 Å². The maximum Gasteiger partial charge on any atom is 0.223 e. The number of pyridine rings is 1. The monoisotopic (exact) mass is 359 g/mol. The summed E-state index contributed by atoms with van der Waals surface area (Å²) in [6.07, 6.45) is 17.9. The first-order chi connectivity index (χ1) is 13.4. The average Bonchev–Trinajstić information content (AvgIpc) is 3.07. The zero-order valence-electron chi connectivity index (χ0n) is 15.6. The van der Waals surface area contributed by atoms with Crippen LogP contribution in [0.3, 0.4) is 0 Å². The molecule has 138 valence electrons. The van der Waals surface area contributed by atoms with E-state index in [1.165, 1.54) is 54.5 Å². The van der Waals surface area contributed by atoms with Crippen LogP contribution in [0.1, 0.15) is 61.8 Å². The van der Waals surface area contributed by atoms with Crippen molar-refractivity contribution in [1.82, 2.24) is 19.6 Å². The van der Waals surface area contributed by atoms with E-state index in [0.717, 1.165) is 30.7 Å². The van der Waals surface area contributed by atoms with Crippen molar-refractivity contribution in [1.29, 1.82) is 0 Å². The van der Waals surface area contributed by atoms with Gasteiger partial charge < -0.3 is 5.32 Å². The molecule has 2 aliphatic rings. The maximum atomic E-state index is 4.91. The third-order valence-electron chi connectivity index (χ3n) is 5.77. The molecule has 5 rings (SSSR count). The molecular weight excluding hydrogens is 334 g/mol. The molecule has 2 aliphatic carbocycles. The van der Waals surface area contributed by atoms with Crippen LogP contribution in [-0.2, 0) is 6.42 Å². The molecule has 0 aliphatic heterocycles. The number of nitrogens with one attached hydrogen (secondary N) is 1. The lowest BCUT2D eigenvalue weighted by molar-refractivity contribution is 0.460. The summed E-state index contributed by atoms with van der Waals surface area (Å²) in [5.41, 5.74) is 5.90. The van der Waals surface area contributed by atoms with Gasteiger partial charge >= 0.3 is 0 Å². The van der Waals surface area contributed by atoms with E-state index in [-0.39, 0.29) is 0 Å². The molecule has 27 heavy (non-hydrogen) atoms. The van der Waals surface area contributed by atoms with E-state index in [1.807, 2.05) is 29.2 Å². The van der Waals surface area contributed by atoms with Crippen molar-refractivity contribution < 1.29 is 0 Å². The minimum absolute atomic E-state index is 0.530. The normalized spacial score (nSPS) is 18.0. The molecule has 3 aromatic rings. The Morgan fingerprint density at radius 2 is 2.00 bits per heavy atom. The van der Waals surface area contributed by atoms with Crippen molar-refractivity contribution in [3.05, 3.63) is 59.7 Å². The molecule has 0 bridgehead atoms. The minimum Gasteiger partial charge on any atom is -0.351 e. The van der Waals surface area contributed by atoms with E-state index >= 15 is 0 Å². The van der Waals surface area contributed by atoms with E-state index in [4.69, 9.17) is 4.98 Å². The summed E-state index contributed by atoms with van der Waals surface area (Å²) in [5.74, 6) is 0.799. The molecular formula is C22H25N5. The van der Waals surface area contributed by atoms with Gasteiger partial charge in [-0.25, -0.2) is 14.5 Å². The Morgan fingerprint density at radius 1 is 1.07 bits per heavy atom. The molecule has 0 spiro atoms. The zero-order valence-corrected chi connectivity index (χ0v) is 15.6. The zero-order chi connectivity index (χ0) is 18.1. The Balaban J connectivity index is 1.47. The summed E-state index contributed by atoms with van der Waals surface area (Å²) < 4.78 is 1.90. The highest BCUT2D eigenvalue weighted by atomic mass is 15.2. The van der Waals surface area contributed by atoms with Crippen molar-refractivity contribution in [2.24, 2.45) is 0 Å². The van der Waals surface area contributed by atoms with E-state index in [9.17, 15) is 0 Å². The molecule has 0 unspecified atom stereocenters. The number of nitrogens with zero attached hydrogens (tertiary/aromatic N) is 4. The van der Waals surface area contributed by atoms with Crippen LogP contribution in [-0.4, -0.2) is 25.6 Å². The van der Waals surface area contributed by atoms with Crippen molar-refractivity contribution in [2.45, 2.75) is 57.4 Å². The van der Waals surface area contributed by atoms with Gasteiger partial charge in [0.25, 0.3) is 0 Å². The standard InChI is InChI=1S/C22H25N5/c1-2-6-17(7-3-1)25-22-23-15-20-19(8-4-5-9-21(20)26-22)16-11-13-27-18(14-16)10-12-24-27/h8,10-15,17H,1-7,9H2,(H,23,25,26). The summed E-state index contributed by atoms with van der Waals surface area (Å²) in [7, 11) is 0. The fraction of sp³-hybridized carbons (Fsp3) is 0.409. The van der Waals surface area contributed by atoms with Gasteiger partial charge in [0.15, 0.2) is 0 Å². The predicted octanol–water partition coefficient (Wildman–Crippen LogP) is 4.64. The summed E-state index contributed by atoms with van der Waals surface area (Å²) >= 11 is 0. The van der Waals surface area contributed by atoms with E-state index in [0.29, 0.717) is 6.04 Å². The number of fused-ring (bicyclic) bond motifs is 2. The van der Waals surface area contributed by atoms with Crippen molar-refractivity contribution in [2.75, 3.05) is 5.32 Å². The topological polar surface area (TPSA) is 55.1 Å². The Morgan fingerprint density at radius 3 is 2.93 bits per heavy atom. The number of aryl methyl sites for hydroxylation is 1. The van der Waals surface area contributed by atoms with Gasteiger partial charge in [0, 0.05) is 30.2 Å². The lowest BCUT2D eigenvalue weighted by atomic mass is 9.96. The third-order valence-corrected chi connectivity index (χ3v) is 5.77. The average molecular weight is 359 g/mol. The van der Waals surface area contributed by atoms with Gasteiger partial charge in [0.2, 0.25) is 5.95 Å². The smallest absolute Gasteiger partial charge is 0.223 e. The number of allylic oxidation sites excluding steroid dienone is 1. The van der Waals surface area contributed by atoms with Gasteiger partial charge in [-0.2, -0.15) is 5.10 Å². The van der Waals surface area contributed by atoms with Gasteiger partial charge in [-0.15, -0.1) is 0 Å². The molecule has 0 atom stereocenters. The summed E-state index contributed by atoms with van der Waals surface area (Å²) in [5, 5.41) is 7.87. The second-order valence-electron chi connectivity index (χ2n) is 7.66. The van der Waals surface area contributed by atoms with Crippen molar-refractivity contribution in [3.8, 4) is 0 Å². The molecule has 0 radical (unpaired) electrons. The first-order valence-electron chi connectivity index (χ1n) is 10.1. The van der Waals surface area contributed by atoms with Crippen LogP contribution in [0.25, 0.3) is 11.1 Å². The van der Waals surface area contributed by atoms with E-state index < -0.39 is 0 Å². The number of hydrogen-bond acceptors (Lipinski definition) is 4. The van der Waals surface area contributed by atoms with Crippen molar-refractivity contribution >= 4 is 17.0 Å². The Kier molecular flexibility index (Phi) is 4.36. The number of aromatic nitrogens is 4. The Bertz CT molecular complexity index is 981. The first kappa shape index (κ1) is 16.5. The van der Waals surface area contributed by atoms with Crippen LogP contribution in [0, 0.1) is 0 Å². The highest BCUT2D eigenvalue weighted by molar-refractivity contribution is 5.82. The highest BCUT2D eigenvalue weighted by Crippen LogP contribution is 2.31. The van der Waals surface area contributed by atoms with Crippen LogP contribution in [0.2, 0.25) is 0 Å². The molecule has 3 heterocycles. The van der Waals surface area contributed by atoms with Gasteiger partial charge in [-0.3, -0.25) is 0 Å². The van der Waals surface area contributed by atoms with Crippen molar-refractivity contribution in [3.63, 3.8) is 0 Å². The van der Waals surface area contributed by atoms with Gasteiger partial charge in [-0.1, -0.05) is 25.3 Å². The molecule has 0 saturated heterocycles. The molecule has 3 aromatic heterocycles. The van der Waals surface area contributed by atoms with E-state index in [1.54, 1.807) is 0 Å². The quantitative estimate of drug-likeness (QED) is 0.740. The molecule has 0 amide bonds. The fourth-order valence-corrected chi connectivity index (χ4v) is 4.32. The number of anilines is 1. The van der Waals surface area contributed by atoms with E-state index in [2.05, 4.69) is 33.6 Å². The number of hydrogen-bond donors (Lipinski definition) is 1. The predicted molar refractivity (Wildman–Crippen MR) is 108 cm³/mol. The number of rotatable bonds is 3. The largest absolute Gasteiger partial charge is 0.351 e. The maximum absolute atomic E-state index is 4.91. The Labute approximate surface area is 159 Å². The molecule has 1 fully saturated rings. The molecule has 5 heteroatoms. The van der Waals surface area contributed by atoms with Gasteiger partial charge in [-0.05, 0) is 61.4 Å².